The summed E-state index contributed by atoms with van der Waals surface area (Å²) in [5.74, 6) is -2.86. The molecule has 0 bridgehead atoms. The summed E-state index contributed by atoms with van der Waals surface area (Å²) >= 11 is 0. The number of hydrogen-bond acceptors (Lipinski definition) is 7. The number of nitrogens with zero attached hydrogens (tertiary/aromatic N) is 1. The number of benzene rings is 1. The van der Waals surface area contributed by atoms with Crippen LogP contribution in [0.15, 0.2) is 30.1 Å². The molecule has 2 aliphatic rings. The number of esters is 1. The van der Waals surface area contributed by atoms with Crippen molar-refractivity contribution in [2.24, 2.45) is 5.92 Å². The van der Waals surface area contributed by atoms with Crippen molar-refractivity contribution in [3.8, 4) is 0 Å². The second-order valence-electron chi connectivity index (χ2n) is 11.5. The van der Waals surface area contributed by atoms with Crippen molar-refractivity contribution in [1.29, 1.82) is 0 Å². The third kappa shape index (κ3) is 7.01. The van der Waals surface area contributed by atoms with Gasteiger partial charge in [-0.15, -0.1) is 0 Å². The van der Waals surface area contributed by atoms with E-state index in [9.17, 15) is 14.7 Å². The third-order valence-electron chi connectivity index (χ3n) is 6.55. The van der Waals surface area contributed by atoms with Crippen molar-refractivity contribution in [2.45, 2.75) is 97.6 Å². The summed E-state index contributed by atoms with van der Waals surface area (Å²) in [6, 6.07) is 3.43. The van der Waals surface area contributed by atoms with Gasteiger partial charge in [-0.2, -0.15) is 0 Å². The van der Waals surface area contributed by atoms with Gasteiger partial charge in [-0.05, 0) is 84.2 Å². The molecule has 1 amide bonds. The molecule has 210 valence electrons. The van der Waals surface area contributed by atoms with Gasteiger partial charge in [0, 0.05) is 18.7 Å². The van der Waals surface area contributed by atoms with E-state index >= 15 is 4.39 Å². The molecule has 1 N–H and O–H groups in total. The minimum Gasteiger partial charge on any atom is -0.458 e. The van der Waals surface area contributed by atoms with Crippen LogP contribution in [-0.2, 0) is 18.9 Å². The first kappa shape index (κ1) is 29.8. The predicted molar refractivity (Wildman–Crippen MR) is 143 cm³/mol. The van der Waals surface area contributed by atoms with Crippen LogP contribution in [0.3, 0.4) is 0 Å². The van der Waals surface area contributed by atoms with Gasteiger partial charge in [0.2, 0.25) is 0 Å². The van der Waals surface area contributed by atoms with E-state index < -0.39 is 59.6 Å². The maximum atomic E-state index is 15.0. The SMILES string of the molecule is Cc1cc(N(C)C(=O)OC(C)(C)C)cc2c1C(=O)O[C@@H](C)[C@H](C)/C=C(/F)[C@@H](O)[C@H]1OC(C)(C)O[C@H]1C/C=C/2. The molecule has 5 atom stereocenters. The Morgan fingerprint density at radius 2 is 1.87 bits per heavy atom. The van der Waals surface area contributed by atoms with Crippen molar-refractivity contribution >= 4 is 23.8 Å². The summed E-state index contributed by atoms with van der Waals surface area (Å²) in [5, 5.41) is 10.7. The standard InChI is InChI=1S/C29H40FNO7/c1-16-14-21(30)24(32)25-22(36-29(7,8)37-25)12-10-11-19-15-20(31(9)27(34)38-28(4,5)6)13-17(2)23(19)26(33)35-18(16)3/h10-11,13-16,18,22,24-25,32H,12H2,1-9H3/b11-10+,21-14+/t16-,18+,22+,24-,25+/m1/s1. The summed E-state index contributed by atoms with van der Waals surface area (Å²) in [6.45, 7) is 13.9. The molecule has 0 spiro atoms. The molecule has 0 aliphatic carbocycles. The fourth-order valence-corrected chi connectivity index (χ4v) is 4.45. The largest absolute Gasteiger partial charge is 0.458 e. The number of aryl methyl sites for hydroxylation is 1. The highest BCUT2D eigenvalue weighted by atomic mass is 19.1. The van der Waals surface area contributed by atoms with E-state index in [0.717, 1.165) is 0 Å². The number of hydrogen-bond donors (Lipinski definition) is 1. The molecule has 1 fully saturated rings. The van der Waals surface area contributed by atoms with Gasteiger partial charge in [0.15, 0.2) is 5.79 Å². The zero-order chi connectivity index (χ0) is 28.6. The lowest BCUT2D eigenvalue weighted by Crippen LogP contribution is -2.36. The van der Waals surface area contributed by atoms with E-state index in [1.807, 2.05) is 0 Å². The fraction of sp³-hybridized carbons (Fsp3) is 0.586. The Balaban J connectivity index is 2.06. The van der Waals surface area contributed by atoms with E-state index in [1.54, 1.807) is 86.7 Å². The smallest absolute Gasteiger partial charge is 0.414 e. The van der Waals surface area contributed by atoms with E-state index in [4.69, 9.17) is 18.9 Å². The van der Waals surface area contributed by atoms with E-state index in [1.165, 1.54) is 11.0 Å². The number of rotatable bonds is 1. The van der Waals surface area contributed by atoms with Crippen LogP contribution < -0.4 is 4.90 Å². The van der Waals surface area contributed by atoms with Crippen molar-refractivity contribution in [3.63, 3.8) is 0 Å². The Morgan fingerprint density at radius 1 is 1.21 bits per heavy atom. The summed E-state index contributed by atoms with van der Waals surface area (Å²) in [4.78, 5) is 27.4. The number of anilines is 1. The molecule has 2 heterocycles. The Morgan fingerprint density at radius 3 is 2.50 bits per heavy atom. The second kappa shape index (κ2) is 11.2. The first-order chi connectivity index (χ1) is 17.5. The Hall–Kier alpha value is -2.75. The van der Waals surface area contributed by atoms with Crippen molar-refractivity contribution in [2.75, 3.05) is 11.9 Å². The van der Waals surface area contributed by atoms with Gasteiger partial charge in [0.05, 0.1) is 11.7 Å². The highest BCUT2D eigenvalue weighted by Gasteiger charge is 2.45. The Kier molecular flexibility index (Phi) is 8.75. The molecule has 2 aliphatic heterocycles. The molecule has 38 heavy (non-hydrogen) atoms. The van der Waals surface area contributed by atoms with Crippen molar-refractivity contribution < 1.29 is 38.0 Å². The van der Waals surface area contributed by atoms with E-state index in [-0.39, 0.29) is 6.42 Å². The van der Waals surface area contributed by atoms with Gasteiger partial charge < -0.3 is 24.1 Å². The molecule has 1 saturated heterocycles. The summed E-state index contributed by atoms with van der Waals surface area (Å²) < 4.78 is 38.0. The number of carbonyl (C=O) groups is 2. The summed E-state index contributed by atoms with van der Waals surface area (Å²) in [6.07, 6.45) is 0.740. The topological polar surface area (TPSA) is 94.5 Å². The monoisotopic (exact) mass is 533 g/mol. The maximum absolute atomic E-state index is 15.0. The number of carbonyl (C=O) groups excluding carboxylic acids is 2. The quantitative estimate of drug-likeness (QED) is 0.463. The average Bonchev–Trinajstić information content (AvgIpc) is 3.09. The first-order valence-electron chi connectivity index (χ1n) is 12.9. The molecule has 1 aromatic carbocycles. The van der Waals surface area contributed by atoms with Gasteiger partial charge >= 0.3 is 12.1 Å². The second-order valence-corrected chi connectivity index (χ2v) is 11.5. The first-order valence-corrected chi connectivity index (χ1v) is 12.9. The zero-order valence-corrected chi connectivity index (χ0v) is 23.7. The van der Waals surface area contributed by atoms with Crippen LogP contribution in [0.5, 0.6) is 0 Å². The van der Waals surface area contributed by atoms with Gasteiger partial charge in [0.25, 0.3) is 0 Å². The number of ether oxygens (including phenoxy) is 4. The Bertz CT molecular complexity index is 1120. The van der Waals surface area contributed by atoms with Crippen LogP contribution in [0, 0.1) is 12.8 Å². The number of amides is 1. The molecule has 1 aromatic rings. The van der Waals surface area contributed by atoms with Gasteiger partial charge in [-0.1, -0.05) is 19.1 Å². The normalized spacial score (nSPS) is 30.1. The van der Waals surface area contributed by atoms with E-state index in [2.05, 4.69) is 0 Å². The molecular formula is C29H40FNO7. The van der Waals surface area contributed by atoms with Gasteiger partial charge in [-0.3, -0.25) is 4.90 Å². The van der Waals surface area contributed by atoms with Crippen LogP contribution in [0.2, 0.25) is 0 Å². The maximum Gasteiger partial charge on any atom is 0.414 e. The molecule has 0 saturated carbocycles. The molecular weight excluding hydrogens is 493 g/mol. The number of halogens is 1. The minimum absolute atomic E-state index is 0.282. The molecule has 0 aromatic heterocycles. The zero-order valence-electron chi connectivity index (χ0n) is 23.7. The predicted octanol–water partition coefficient (Wildman–Crippen LogP) is 5.70. The molecule has 0 unspecified atom stereocenters. The summed E-state index contributed by atoms with van der Waals surface area (Å²) in [5.41, 5.74) is 1.34. The number of aliphatic hydroxyl groups excluding tert-OH is 1. The number of cyclic esters (lactones) is 1. The lowest BCUT2D eigenvalue weighted by atomic mass is 9.96. The minimum atomic E-state index is -1.54. The van der Waals surface area contributed by atoms with Crippen LogP contribution in [-0.4, -0.2) is 60.0 Å². The lowest BCUT2D eigenvalue weighted by Gasteiger charge is -2.26. The highest BCUT2D eigenvalue weighted by molar-refractivity contribution is 5.97. The molecule has 3 rings (SSSR count). The van der Waals surface area contributed by atoms with Crippen molar-refractivity contribution in [3.05, 3.63) is 46.8 Å². The highest BCUT2D eigenvalue weighted by Crippen LogP contribution is 2.35. The fourth-order valence-electron chi connectivity index (χ4n) is 4.45. The van der Waals surface area contributed by atoms with Crippen LogP contribution >= 0.6 is 0 Å². The van der Waals surface area contributed by atoms with Crippen LogP contribution in [0.25, 0.3) is 6.08 Å². The van der Waals surface area contributed by atoms with Crippen molar-refractivity contribution in [1.82, 2.24) is 0 Å². The van der Waals surface area contributed by atoms with E-state index in [0.29, 0.717) is 22.4 Å². The molecule has 9 heteroatoms. The Labute approximate surface area is 224 Å². The summed E-state index contributed by atoms with van der Waals surface area (Å²) in [7, 11) is 1.60. The van der Waals surface area contributed by atoms with Gasteiger partial charge in [0.1, 0.15) is 29.7 Å². The molecule has 0 radical (unpaired) electrons. The molecule has 8 nitrogen and oxygen atoms in total. The third-order valence-corrected chi connectivity index (χ3v) is 6.55. The van der Waals surface area contributed by atoms with Crippen LogP contribution in [0.1, 0.15) is 76.4 Å². The number of aliphatic hydroxyl groups is 1. The van der Waals surface area contributed by atoms with Gasteiger partial charge in [-0.25, -0.2) is 14.0 Å². The lowest BCUT2D eigenvalue weighted by molar-refractivity contribution is -0.153. The number of fused-ring (bicyclic) bond motifs is 2. The average molecular weight is 534 g/mol. The van der Waals surface area contributed by atoms with Crippen LogP contribution in [0.4, 0.5) is 14.9 Å².